The van der Waals surface area contributed by atoms with Gasteiger partial charge in [0.2, 0.25) is 15.9 Å². The monoisotopic (exact) mass is 396 g/mol. The number of carbonyl (C=O) groups is 1. The highest BCUT2D eigenvalue weighted by Gasteiger charge is 2.32. The second-order valence-corrected chi connectivity index (χ2v) is 8.97. The van der Waals surface area contributed by atoms with E-state index in [2.05, 4.69) is 12.2 Å². The molecule has 1 fully saturated rings. The molecule has 0 saturated carbocycles. The fourth-order valence-electron chi connectivity index (χ4n) is 3.34. The second kappa shape index (κ2) is 10.1. The zero-order chi connectivity index (χ0) is 19.9. The summed E-state index contributed by atoms with van der Waals surface area (Å²) in [5.41, 5.74) is 0.805. The topological polar surface area (TPSA) is 75.7 Å². The van der Waals surface area contributed by atoms with Crippen LogP contribution in [0.25, 0.3) is 0 Å². The van der Waals surface area contributed by atoms with Crippen LogP contribution in [-0.4, -0.2) is 44.9 Å². The van der Waals surface area contributed by atoms with E-state index in [4.69, 9.17) is 4.74 Å². The summed E-state index contributed by atoms with van der Waals surface area (Å²) in [5.74, 6) is 0.662. The van der Waals surface area contributed by atoms with Crippen molar-refractivity contribution in [3.05, 3.63) is 23.8 Å². The number of unbranched alkanes of at least 4 members (excludes halogenated alkanes) is 2. The molecule has 1 saturated heterocycles. The molecule has 1 amide bonds. The van der Waals surface area contributed by atoms with Crippen LogP contribution in [0.15, 0.2) is 23.1 Å². The Hall–Kier alpha value is -1.60. The third-order valence-electron chi connectivity index (χ3n) is 4.99. The maximum Gasteiger partial charge on any atom is 0.243 e. The molecule has 6 nitrogen and oxygen atoms in total. The minimum absolute atomic E-state index is 0.0556. The number of rotatable bonds is 9. The molecule has 27 heavy (non-hydrogen) atoms. The number of nitrogens with zero attached hydrogens (tertiary/aromatic N) is 1. The third kappa shape index (κ3) is 5.69. The summed E-state index contributed by atoms with van der Waals surface area (Å²) in [5, 5.41) is 2.98. The predicted octanol–water partition coefficient (Wildman–Crippen LogP) is 3.10. The Balaban J connectivity index is 1.94. The van der Waals surface area contributed by atoms with Gasteiger partial charge in [-0.05, 0) is 56.9 Å². The molecule has 0 spiro atoms. The Morgan fingerprint density at radius 3 is 2.52 bits per heavy atom. The lowest BCUT2D eigenvalue weighted by atomic mass is 9.97. The molecule has 152 valence electrons. The highest BCUT2D eigenvalue weighted by Crippen LogP contribution is 2.27. The largest absolute Gasteiger partial charge is 0.494 e. The first kappa shape index (κ1) is 21.7. The van der Waals surface area contributed by atoms with Crippen molar-refractivity contribution in [1.29, 1.82) is 0 Å². The standard InChI is InChI=1S/C20H32N2O4S/c1-4-6-7-12-21-20(23)17-10-13-22(14-11-17)27(24,25)18-8-9-19(26-5-2)16(3)15-18/h8-9,15,17H,4-7,10-14H2,1-3H3,(H,21,23). The number of hydrogen-bond acceptors (Lipinski definition) is 4. The van der Waals surface area contributed by atoms with Gasteiger partial charge in [-0.1, -0.05) is 19.8 Å². The summed E-state index contributed by atoms with van der Waals surface area (Å²) in [6.07, 6.45) is 4.35. The van der Waals surface area contributed by atoms with Crippen LogP contribution >= 0.6 is 0 Å². The van der Waals surface area contributed by atoms with Crippen LogP contribution in [0.2, 0.25) is 0 Å². The van der Waals surface area contributed by atoms with Crippen molar-refractivity contribution in [3.8, 4) is 5.75 Å². The third-order valence-corrected chi connectivity index (χ3v) is 6.88. The first-order valence-corrected chi connectivity index (χ1v) is 11.4. The molecular formula is C20H32N2O4S. The van der Waals surface area contributed by atoms with Crippen LogP contribution in [0.4, 0.5) is 0 Å². The number of hydrogen-bond donors (Lipinski definition) is 1. The van der Waals surface area contributed by atoms with Gasteiger partial charge >= 0.3 is 0 Å². The van der Waals surface area contributed by atoms with Gasteiger partial charge in [0, 0.05) is 25.6 Å². The summed E-state index contributed by atoms with van der Waals surface area (Å²) >= 11 is 0. The molecule has 1 aliphatic rings. The number of piperidine rings is 1. The molecule has 0 aliphatic carbocycles. The smallest absolute Gasteiger partial charge is 0.243 e. The Morgan fingerprint density at radius 1 is 1.22 bits per heavy atom. The molecule has 2 rings (SSSR count). The average Bonchev–Trinajstić information content (AvgIpc) is 2.67. The average molecular weight is 397 g/mol. The lowest BCUT2D eigenvalue weighted by molar-refractivity contribution is -0.126. The molecular weight excluding hydrogens is 364 g/mol. The van der Waals surface area contributed by atoms with Crippen molar-refractivity contribution in [2.24, 2.45) is 5.92 Å². The molecule has 1 heterocycles. The van der Waals surface area contributed by atoms with Crippen molar-refractivity contribution >= 4 is 15.9 Å². The normalized spacial score (nSPS) is 16.3. The van der Waals surface area contributed by atoms with Crippen LogP contribution in [0.1, 0.15) is 51.5 Å². The van der Waals surface area contributed by atoms with Crippen molar-refractivity contribution < 1.29 is 17.9 Å². The molecule has 0 aromatic heterocycles. The molecule has 1 aromatic rings. The van der Waals surface area contributed by atoms with E-state index >= 15 is 0 Å². The Kier molecular flexibility index (Phi) is 8.10. The predicted molar refractivity (Wildman–Crippen MR) is 106 cm³/mol. The Labute approximate surface area is 163 Å². The van der Waals surface area contributed by atoms with Crippen LogP contribution in [0.5, 0.6) is 5.75 Å². The van der Waals surface area contributed by atoms with Crippen molar-refractivity contribution in [3.63, 3.8) is 0 Å². The second-order valence-electron chi connectivity index (χ2n) is 7.04. The van der Waals surface area contributed by atoms with Gasteiger partial charge in [-0.3, -0.25) is 4.79 Å². The van der Waals surface area contributed by atoms with Crippen LogP contribution < -0.4 is 10.1 Å². The molecule has 0 unspecified atom stereocenters. The van der Waals surface area contributed by atoms with Crippen molar-refractivity contribution in [2.45, 2.75) is 57.8 Å². The van der Waals surface area contributed by atoms with Gasteiger partial charge < -0.3 is 10.1 Å². The molecule has 0 atom stereocenters. The first-order chi connectivity index (χ1) is 12.9. The fourth-order valence-corrected chi connectivity index (χ4v) is 4.89. The first-order valence-electron chi connectivity index (χ1n) is 9.91. The van der Waals surface area contributed by atoms with Gasteiger partial charge in [0.1, 0.15) is 5.75 Å². The summed E-state index contributed by atoms with van der Waals surface area (Å²) in [6.45, 7) is 7.87. The molecule has 1 aliphatic heterocycles. The summed E-state index contributed by atoms with van der Waals surface area (Å²) < 4.78 is 32.8. The van der Waals surface area contributed by atoms with E-state index in [0.29, 0.717) is 44.8 Å². The fraction of sp³-hybridized carbons (Fsp3) is 0.650. The zero-order valence-corrected chi connectivity index (χ0v) is 17.5. The molecule has 7 heteroatoms. The highest BCUT2D eigenvalue weighted by molar-refractivity contribution is 7.89. The van der Waals surface area contributed by atoms with Gasteiger partial charge in [0.25, 0.3) is 0 Å². The maximum atomic E-state index is 12.9. The number of carbonyl (C=O) groups excluding carboxylic acids is 1. The Morgan fingerprint density at radius 2 is 1.93 bits per heavy atom. The van der Waals surface area contributed by atoms with Gasteiger partial charge in [-0.25, -0.2) is 8.42 Å². The number of benzene rings is 1. The van der Waals surface area contributed by atoms with E-state index in [1.165, 1.54) is 4.31 Å². The lowest BCUT2D eigenvalue weighted by Crippen LogP contribution is -2.43. The van der Waals surface area contributed by atoms with E-state index in [9.17, 15) is 13.2 Å². The van der Waals surface area contributed by atoms with Crippen LogP contribution in [-0.2, 0) is 14.8 Å². The number of aryl methyl sites for hydroxylation is 1. The van der Waals surface area contributed by atoms with Crippen LogP contribution in [0, 0.1) is 12.8 Å². The van der Waals surface area contributed by atoms with Gasteiger partial charge in [-0.2, -0.15) is 4.31 Å². The van der Waals surface area contributed by atoms with E-state index in [-0.39, 0.29) is 16.7 Å². The highest BCUT2D eigenvalue weighted by atomic mass is 32.2. The van der Waals surface area contributed by atoms with Crippen molar-refractivity contribution in [1.82, 2.24) is 9.62 Å². The number of ether oxygens (including phenoxy) is 1. The lowest BCUT2D eigenvalue weighted by Gasteiger charge is -2.30. The minimum Gasteiger partial charge on any atom is -0.494 e. The van der Waals surface area contributed by atoms with Crippen LogP contribution in [0.3, 0.4) is 0 Å². The van der Waals surface area contributed by atoms with E-state index in [1.807, 2.05) is 13.8 Å². The van der Waals surface area contributed by atoms with E-state index in [0.717, 1.165) is 24.8 Å². The summed E-state index contributed by atoms with van der Waals surface area (Å²) in [6, 6.07) is 4.97. The SMILES string of the molecule is CCCCCNC(=O)C1CCN(S(=O)(=O)c2ccc(OCC)c(C)c2)CC1. The molecule has 1 aromatic carbocycles. The number of amides is 1. The minimum atomic E-state index is -3.54. The Bertz CT molecular complexity index is 725. The molecule has 0 radical (unpaired) electrons. The van der Waals surface area contributed by atoms with Crippen molar-refractivity contribution in [2.75, 3.05) is 26.2 Å². The summed E-state index contributed by atoms with van der Waals surface area (Å²) in [4.78, 5) is 12.5. The van der Waals surface area contributed by atoms with Gasteiger partial charge in [-0.15, -0.1) is 0 Å². The van der Waals surface area contributed by atoms with E-state index < -0.39 is 10.0 Å². The maximum absolute atomic E-state index is 12.9. The van der Waals surface area contributed by atoms with Gasteiger partial charge in [0.05, 0.1) is 11.5 Å². The van der Waals surface area contributed by atoms with Gasteiger partial charge in [0.15, 0.2) is 0 Å². The molecule has 0 bridgehead atoms. The van der Waals surface area contributed by atoms with E-state index in [1.54, 1.807) is 18.2 Å². The summed E-state index contributed by atoms with van der Waals surface area (Å²) in [7, 11) is -3.54. The number of nitrogens with one attached hydrogen (secondary N) is 1. The quantitative estimate of drug-likeness (QED) is 0.651. The molecule has 1 N–H and O–H groups in total. The number of sulfonamides is 1. The zero-order valence-electron chi connectivity index (χ0n) is 16.7.